The quantitative estimate of drug-likeness (QED) is 0.885. The van der Waals surface area contributed by atoms with Gasteiger partial charge in [0.25, 0.3) is 0 Å². The van der Waals surface area contributed by atoms with Gasteiger partial charge in [0.15, 0.2) is 0 Å². The molecule has 100 valence electrons. The summed E-state index contributed by atoms with van der Waals surface area (Å²) in [4.78, 5) is 15.5. The predicted molar refractivity (Wildman–Crippen MR) is 80.8 cm³/mol. The minimum absolute atomic E-state index is 0.0943. The van der Waals surface area contributed by atoms with Gasteiger partial charge >= 0.3 is 5.97 Å². The number of nitrogens with zero attached hydrogens (tertiary/aromatic N) is 1. The van der Waals surface area contributed by atoms with Crippen molar-refractivity contribution in [2.75, 3.05) is 5.75 Å². The Morgan fingerprint density at radius 1 is 1.15 bits per heavy atom. The highest BCUT2D eigenvalue weighted by Gasteiger charge is 2.27. The number of aliphatic hydroxyl groups excluding tert-OH is 1. The van der Waals surface area contributed by atoms with Crippen LogP contribution in [0.2, 0.25) is 0 Å². The molecule has 1 heterocycles. The zero-order chi connectivity index (χ0) is 14.1. The number of aliphatic hydroxyl groups is 1. The van der Waals surface area contributed by atoms with Gasteiger partial charge in [-0.2, -0.15) is 0 Å². The van der Waals surface area contributed by atoms with Crippen LogP contribution in [0, 0.1) is 0 Å². The summed E-state index contributed by atoms with van der Waals surface area (Å²) in [5.74, 6) is -1.01. The molecule has 0 bridgehead atoms. The zero-order valence-corrected chi connectivity index (χ0v) is 11.2. The lowest BCUT2D eigenvalue weighted by Gasteiger charge is -2.02. The van der Waals surface area contributed by atoms with E-state index in [1.807, 2.05) is 42.5 Å². The first kappa shape index (κ1) is 12.7. The Balaban J connectivity index is 2.04. The first-order valence-electron chi connectivity index (χ1n) is 6.01. The molecule has 4 nitrogen and oxygen atoms in total. The fourth-order valence-corrected chi connectivity index (χ4v) is 3.01. The summed E-state index contributed by atoms with van der Waals surface area (Å²) in [6.45, 7) is 0. The van der Waals surface area contributed by atoms with Crippen molar-refractivity contribution in [1.29, 1.82) is 0 Å². The molecular formula is C15H11NO3S. The Bertz CT molecular complexity index is 765. The van der Waals surface area contributed by atoms with Crippen LogP contribution in [0.1, 0.15) is 0 Å². The van der Waals surface area contributed by atoms with E-state index in [0.717, 1.165) is 10.8 Å². The van der Waals surface area contributed by atoms with Crippen molar-refractivity contribution in [2.45, 2.75) is 0 Å². The Hall–Kier alpha value is -2.27. The second kappa shape index (κ2) is 5.02. The molecule has 5 heteroatoms. The molecule has 2 aromatic carbocycles. The number of thioether (sulfide) groups is 1. The van der Waals surface area contributed by atoms with Gasteiger partial charge in [0.1, 0.15) is 16.4 Å². The minimum Gasteiger partial charge on any atom is -0.510 e. The van der Waals surface area contributed by atoms with E-state index >= 15 is 0 Å². The van der Waals surface area contributed by atoms with Crippen molar-refractivity contribution in [3.05, 3.63) is 53.8 Å². The number of carbonyl (C=O) groups is 1. The Morgan fingerprint density at radius 3 is 2.65 bits per heavy atom. The lowest BCUT2D eigenvalue weighted by molar-refractivity contribution is -0.132. The molecule has 0 saturated carbocycles. The average molecular weight is 285 g/mol. The minimum atomic E-state index is -1.15. The van der Waals surface area contributed by atoms with Crippen LogP contribution in [0.5, 0.6) is 0 Å². The summed E-state index contributed by atoms with van der Waals surface area (Å²) in [5, 5.41) is 21.2. The maximum Gasteiger partial charge on any atom is 0.341 e. The van der Waals surface area contributed by atoms with Gasteiger partial charge in [-0.1, -0.05) is 42.1 Å². The smallest absolute Gasteiger partial charge is 0.341 e. The fourth-order valence-electron chi connectivity index (χ4n) is 2.07. The molecule has 0 aromatic heterocycles. The maximum atomic E-state index is 11.1. The standard InChI is InChI=1S/C15H11NO3S/c17-12-8-20-14(13(12)15(18)19)16-11-6-5-9-3-1-2-4-10(9)7-11/h1-7,17H,8H2,(H,18,19). The predicted octanol–water partition coefficient (Wildman–Crippen LogP) is 3.51. The second-order valence-electron chi connectivity index (χ2n) is 4.36. The Kier molecular flexibility index (Phi) is 3.20. The van der Waals surface area contributed by atoms with Crippen LogP contribution in [0.25, 0.3) is 10.8 Å². The van der Waals surface area contributed by atoms with Crippen molar-refractivity contribution in [3.63, 3.8) is 0 Å². The number of hydrogen-bond donors (Lipinski definition) is 2. The maximum absolute atomic E-state index is 11.1. The number of carboxylic acids is 1. The van der Waals surface area contributed by atoms with Crippen LogP contribution in [0.3, 0.4) is 0 Å². The van der Waals surface area contributed by atoms with Gasteiger partial charge in [-0.25, -0.2) is 9.79 Å². The molecule has 0 unspecified atom stereocenters. The number of hydrogen-bond acceptors (Lipinski definition) is 4. The van der Waals surface area contributed by atoms with Gasteiger partial charge in [-0.05, 0) is 22.9 Å². The van der Waals surface area contributed by atoms with Crippen molar-refractivity contribution >= 4 is 39.2 Å². The third-order valence-electron chi connectivity index (χ3n) is 3.03. The molecule has 20 heavy (non-hydrogen) atoms. The first-order chi connectivity index (χ1) is 9.65. The van der Waals surface area contributed by atoms with E-state index in [2.05, 4.69) is 4.99 Å². The van der Waals surface area contributed by atoms with E-state index in [1.54, 1.807) is 0 Å². The highest BCUT2D eigenvalue weighted by molar-refractivity contribution is 8.15. The summed E-state index contributed by atoms with van der Waals surface area (Å²) >= 11 is 1.23. The van der Waals surface area contributed by atoms with Crippen molar-refractivity contribution in [3.8, 4) is 0 Å². The molecule has 0 fully saturated rings. The number of rotatable bonds is 2. The Morgan fingerprint density at radius 2 is 1.90 bits per heavy atom. The molecule has 0 aliphatic carbocycles. The summed E-state index contributed by atoms with van der Waals surface area (Å²) in [5.41, 5.74) is 0.586. The molecule has 3 rings (SSSR count). The molecular weight excluding hydrogens is 274 g/mol. The number of fused-ring (bicyclic) bond motifs is 1. The van der Waals surface area contributed by atoms with Crippen LogP contribution in [-0.2, 0) is 4.79 Å². The monoisotopic (exact) mass is 285 g/mol. The fraction of sp³-hybridized carbons (Fsp3) is 0.0667. The van der Waals surface area contributed by atoms with Crippen LogP contribution in [0.4, 0.5) is 5.69 Å². The van der Waals surface area contributed by atoms with Gasteiger partial charge in [0, 0.05) is 0 Å². The number of aliphatic imine (C=N–C) groups is 1. The van der Waals surface area contributed by atoms with Crippen molar-refractivity contribution < 1.29 is 15.0 Å². The number of carboxylic acid groups (broad SMARTS) is 1. The third kappa shape index (κ3) is 2.28. The summed E-state index contributed by atoms with van der Waals surface area (Å²) in [6.07, 6.45) is 0. The second-order valence-corrected chi connectivity index (χ2v) is 5.33. The van der Waals surface area contributed by atoms with E-state index in [1.165, 1.54) is 11.8 Å². The molecule has 0 saturated heterocycles. The van der Waals surface area contributed by atoms with Crippen LogP contribution < -0.4 is 0 Å². The lowest BCUT2D eigenvalue weighted by Crippen LogP contribution is -2.07. The number of benzene rings is 2. The van der Waals surface area contributed by atoms with Crippen molar-refractivity contribution in [2.24, 2.45) is 4.99 Å². The van der Waals surface area contributed by atoms with E-state index < -0.39 is 5.97 Å². The van der Waals surface area contributed by atoms with E-state index in [-0.39, 0.29) is 17.1 Å². The van der Waals surface area contributed by atoms with E-state index in [4.69, 9.17) is 5.11 Å². The third-order valence-corrected chi connectivity index (χ3v) is 4.01. The molecule has 2 aromatic rings. The van der Waals surface area contributed by atoms with Gasteiger partial charge in [-0.15, -0.1) is 0 Å². The normalized spacial score (nSPS) is 17.1. The lowest BCUT2D eigenvalue weighted by atomic mass is 10.1. The van der Waals surface area contributed by atoms with Crippen LogP contribution in [0.15, 0.2) is 58.8 Å². The molecule has 1 aliphatic heterocycles. The molecule has 0 radical (unpaired) electrons. The van der Waals surface area contributed by atoms with Crippen LogP contribution in [-0.4, -0.2) is 27.0 Å². The van der Waals surface area contributed by atoms with Crippen molar-refractivity contribution in [1.82, 2.24) is 0 Å². The SMILES string of the molecule is O=C(O)C1=C(O)CSC1=Nc1ccc2ccccc2c1. The topological polar surface area (TPSA) is 69.9 Å². The van der Waals surface area contributed by atoms with Gasteiger partial charge < -0.3 is 10.2 Å². The molecule has 1 aliphatic rings. The number of aliphatic carboxylic acids is 1. The van der Waals surface area contributed by atoms with Gasteiger partial charge in [0.2, 0.25) is 0 Å². The van der Waals surface area contributed by atoms with Gasteiger partial charge in [-0.3, -0.25) is 0 Å². The summed E-state index contributed by atoms with van der Waals surface area (Å²) < 4.78 is 0. The highest BCUT2D eigenvalue weighted by atomic mass is 32.2. The Labute approximate surface area is 119 Å². The molecule has 0 amide bonds. The summed E-state index contributed by atoms with van der Waals surface area (Å²) in [7, 11) is 0. The zero-order valence-electron chi connectivity index (χ0n) is 10.4. The van der Waals surface area contributed by atoms with Crippen LogP contribution >= 0.6 is 11.8 Å². The average Bonchev–Trinajstić information content (AvgIpc) is 2.79. The summed E-state index contributed by atoms with van der Waals surface area (Å²) in [6, 6.07) is 13.6. The molecule has 2 N–H and O–H groups in total. The largest absolute Gasteiger partial charge is 0.510 e. The van der Waals surface area contributed by atoms with E-state index in [9.17, 15) is 9.90 Å². The first-order valence-corrected chi connectivity index (χ1v) is 7.00. The highest BCUT2D eigenvalue weighted by Crippen LogP contribution is 2.30. The van der Waals surface area contributed by atoms with E-state index in [0.29, 0.717) is 10.7 Å². The molecule has 0 atom stereocenters. The molecule has 0 spiro atoms. The van der Waals surface area contributed by atoms with Gasteiger partial charge in [0.05, 0.1) is 11.4 Å².